The molecule has 2 nitrogen and oxygen atoms in total. The second-order valence-electron chi connectivity index (χ2n) is 3.98. The third-order valence-electron chi connectivity index (χ3n) is 2.72. The first-order chi connectivity index (χ1) is 8.52. The van der Waals surface area contributed by atoms with Gasteiger partial charge in [0.1, 0.15) is 5.75 Å². The molecular weight excluding hydrogens is 378 g/mol. The number of thiophene rings is 1. The summed E-state index contributed by atoms with van der Waals surface area (Å²) in [6.45, 7) is 2.07. The summed E-state index contributed by atoms with van der Waals surface area (Å²) in [7, 11) is 1.65. The van der Waals surface area contributed by atoms with Crippen molar-refractivity contribution < 1.29 is 4.74 Å². The van der Waals surface area contributed by atoms with Gasteiger partial charge in [0.25, 0.3) is 0 Å². The number of rotatable bonds is 3. The van der Waals surface area contributed by atoms with E-state index in [1.54, 1.807) is 18.4 Å². The van der Waals surface area contributed by atoms with Gasteiger partial charge in [-0.1, -0.05) is 6.07 Å². The zero-order valence-electron chi connectivity index (χ0n) is 10.0. The van der Waals surface area contributed by atoms with Gasteiger partial charge in [-0.25, -0.2) is 0 Å². The van der Waals surface area contributed by atoms with Gasteiger partial charge in [-0.05, 0) is 68.1 Å². The fourth-order valence-electron chi connectivity index (χ4n) is 1.68. The third kappa shape index (κ3) is 2.79. The summed E-state index contributed by atoms with van der Waals surface area (Å²) in [5.74, 6) is 0.814. The predicted octanol–water partition coefficient (Wildman–Crippen LogP) is 4.64. The molecule has 1 aromatic carbocycles. The van der Waals surface area contributed by atoms with E-state index in [0.29, 0.717) is 0 Å². The number of benzene rings is 1. The summed E-state index contributed by atoms with van der Waals surface area (Å²) in [6.07, 6.45) is 0. The molecule has 1 heterocycles. The fraction of sp³-hybridized carbons (Fsp3) is 0.231. The molecule has 0 amide bonds. The average Bonchev–Trinajstić information content (AvgIpc) is 2.68. The summed E-state index contributed by atoms with van der Waals surface area (Å²) < 4.78 is 7.28. The van der Waals surface area contributed by atoms with Crippen LogP contribution in [0.25, 0.3) is 0 Å². The molecular formula is C13H13Br2NOS. The minimum atomic E-state index is -0.109. The molecule has 2 rings (SSSR count). The lowest BCUT2D eigenvalue weighted by molar-refractivity contribution is 0.412. The van der Waals surface area contributed by atoms with Crippen LogP contribution in [0.5, 0.6) is 5.75 Å². The van der Waals surface area contributed by atoms with Crippen LogP contribution < -0.4 is 10.5 Å². The van der Waals surface area contributed by atoms with Crippen molar-refractivity contribution in [1.29, 1.82) is 0 Å². The Morgan fingerprint density at radius 3 is 2.50 bits per heavy atom. The van der Waals surface area contributed by atoms with E-state index in [2.05, 4.69) is 44.8 Å². The maximum absolute atomic E-state index is 6.29. The van der Waals surface area contributed by atoms with E-state index in [1.165, 1.54) is 5.56 Å². The van der Waals surface area contributed by atoms with Crippen LogP contribution in [-0.4, -0.2) is 7.11 Å². The van der Waals surface area contributed by atoms with Gasteiger partial charge < -0.3 is 10.5 Å². The van der Waals surface area contributed by atoms with Crippen molar-refractivity contribution in [3.8, 4) is 5.75 Å². The molecule has 0 fully saturated rings. The summed E-state index contributed by atoms with van der Waals surface area (Å²) in [4.78, 5) is 1.15. The number of hydrogen-bond acceptors (Lipinski definition) is 3. The van der Waals surface area contributed by atoms with Gasteiger partial charge in [0.2, 0.25) is 0 Å². The molecule has 1 aromatic heterocycles. The minimum absolute atomic E-state index is 0.109. The van der Waals surface area contributed by atoms with Gasteiger partial charge in [0.15, 0.2) is 0 Å². The third-order valence-corrected chi connectivity index (χ3v) is 5.56. The Morgan fingerprint density at radius 1 is 1.28 bits per heavy atom. The Labute approximate surface area is 127 Å². The lowest BCUT2D eigenvalue weighted by atomic mass is 10.1. The summed E-state index contributed by atoms with van der Waals surface area (Å²) in [6, 6.07) is 7.94. The monoisotopic (exact) mass is 389 g/mol. The molecule has 1 atom stereocenters. The maximum atomic E-state index is 6.29. The van der Waals surface area contributed by atoms with Gasteiger partial charge in [-0.2, -0.15) is 0 Å². The topological polar surface area (TPSA) is 35.2 Å². The molecule has 5 heteroatoms. The number of ether oxygens (including phenoxy) is 1. The van der Waals surface area contributed by atoms with Gasteiger partial charge >= 0.3 is 0 Å². The molecule has 0 spiro atoms. The van der Waals surface area contributed by atoms with E-state index in [0.717, 1.165) is 24.4 Å². The van der Waals surface area contributed by atoms with Crippen molar-refractivity contribution in [1.82, 2.24) is 0 Å². The van der Waals surface area contributed by atoms with Crippen molar-refractivity contribution in [2.24, 2.45) is 5.73 Å². The molecule has 0 aliphatic carbocycles. The Hall–Kier alpha value is -0.360. The highest BCUT2D eigenvalue weighted by Gasteiger charge is 2.14. The summed E-state index contributed by atoms with van der Waals surface area (Å²) in [5.41, 5.74) is 8.57. The average molecular weight is 391 g/mol. The van der Waals surface area contributed by atoms with Crippen LogP contribution >= 0.6 is 43.2 Å². The number of nitrogens with two attached hydrogens (primary N) is 1. The van der Waals surface area contributed by atoms with Crippen LogP contribution in [0.2, 0.25) is 0 Å². The highest BCUT2D eigenvalue weighted by molar-refractivity contribution is 9.11. The SMILES string of the molecule is COc1ccc(C(N)c2cc(C)c(Br)s2)cc1Br. The number of halogens is 2. The summed E-state index contributed by atoms with van der Waals surface area (Å²) >= 11 is 8.69. The predicted molar refractivity (Wildman–Crippen MR) is 83.5 cm³/mol. The fourth-order valence-corrected chi connectivity index (χ4v) is 3.84. The number of hydrogen-bond donors (Lipinski definition) is 1. The quantitative estimate of drug-likeness (QED) is 0.828. The molecule has 96 valence electrons. The highest BCUT2D eigenvalue weighted by atomic mass is 79.9. The van der Waals surface area contributed by atoms with E-state index in [9.17, 15) is 0 Å². The Kier molecular flexibility index (Phi) is 4.48. The van der Waals surface area contributed by atoms with Gasteiger partial charge in [0, 0.05) is 4.88 Å². The van der Waals surface area contributed by atoms with Gasteiger partial charge in [0.05, 0.1) is 21.4 Å². The van der Waals surface area contributed by atoms with E-state index in [4.69, 9.17) is 10.5 Å². The van der Waals surface area contributed by atoms with E-state index < -0.39 is 0 Å². The van der Waals surface area contributed by atoms with Crippen LogP contribution in [0.3, 0.4) is 0 Å². The molecule has 2 aromatic rings. The minimum Gasteiger partial charge on any atom is -0.496 e. The summed E-state index contributed by atoms with van der Waals surface area (Å²) in [5, 5.41) is 0. The molecule has 18 heavy (non-hydrogen) atoms. The first-order valence-corrected chi connectivity index (χ1v) is 7.78. The first kappa shape index (κ1) is 14.1. The van der Waals surface area contributed by atoms with Crippen LogP contribution in [0.1, 0.15) is 22.0 Å². The van der Waals surface area contributed by atoms with E-state index in [1.807, 2.05) is 18.2 Å². The molecule has 2 N–H and O–H groups in total. The van der Waals surface area contributed by atoms with E-state index in [-0.39, 0.29) is 6.04 Å². The Morgan fingerprint density at radius 2 is 2.00 bits per heavy atom. The molecule has 1 unspecified atom stereocenters. The molecule has 0 radical (unpaired) electrons. The van der Waals surface area contributed by atoms with Crippen molar-refractivity contribution >= 4 is 43.2 Å². The van der Waals surface area contributed by atoms with Crippen molar-refractivity contribution in [2.45, 2.75) is 13.0 Å². The largest absolute Gasteiger partial charge is 0.496 e. The molecule has 0 bridgehead atoms. The second-order valence-corrected chi connectivity index (χ2v) is 7.23. The lowest BCUT2D eigenvalue weighted by Crippen LogP contribution is -2.10. The zero-order valence-corrected chi connectivity index (χ0v) is 14.0. The standard InChI is InChI=1S/C13H13Br2NOS/c1-7-5-11(18-13(7)15)12(16)8-3-4-10(17-2)9(14)6-8/h3-6,12H,16H2,1-2H3. The van der Waals surface area contributed by atoms with Crippen LogP contribution in [0.15, 0.2) is 32.5 Å². The zero-order chi connectivity index (χ0) is 13.3. The van der Waals surface area contributed by atoms with Gasteiger partial charge in [-0.3, -0.25) is 0 Å². The maximum Gasteiger partial charge on any atom is 0.133 e. The van der Waals surface area contributed by atoms with E-state index >= 15 is 0 Å². The number of aryl methyl sites for hydroxylation is 1. The van der Waals surface area contributed by atoms with Crippen LogP contribution in [0, 0.1) is 6.92 Å². The van der Waals surface area contributed by atoms with Crippen LogP contribution in [0.4, 0.5) is 0 Å². The smallest absolute Gasteiger partial charge is 0.133 e. The molecule has 0 aliphatic rings. The number of methoxy groups -OCH3 is 1. The molecule has 0 saturated carbocycles. The molecule has 0 saturated heterocycles. The first-order valence-electron chi connectivity index (χ1n) is 5.37. The van der Waals surface area contributed by atoms with Gasteiger partial charge in [-0.15, -0.1) is 11.3 Å². The van der Waals surface area contributed by atoms with Crippen molar-refractivity contribution in [3.63, 3.8) is 0 Å². The van der Waals surface area contributed by atoms with Crippen LogP contribution in [-0.2, 0) is 0 Å². The highest BCUT2D eigenvalue weighted by Crippen LogP contribution is 2.35. The molecule has 0 aliphatic heterocycles. The van der Waals surface area contributed by atoms with Crippen molar-refractivity contribution in [2.75, 3.05) is 7.11 Å². The lowest BCUT2D eigenvalue weighted by Gasteiger charge is -2.12. The Balaban J connectivity index is 2.33. The van der Waals surface area contributed by atoms with Crippen molar-refractivity contribution in [3.05, 3.63) is 48.5 Å². The normalized spacial score (nSPS) is 12.5. The second kappa shape index (κ2) is 5.74. The Bertz CT molecular complexity index is 549.